The Hall–Kier alpha value is -2.70. The molecule has 0 bridgehead atoms. The highest BCUT2D eigenvalue weighted by molar-refractivity contribution is 9.10. The standard InChI is InChI=1S/C17H19BrN2O3.C17H19BrN2O2S/c1-10-3-2-6-16(8-10)9-17(14(21)19-15(22)20-17)12-7-11(18)4-5-13(12)23-16;1-10-3-2-6-16(8-10)9-17(14(21)19-15(23)20-17)12-7-11(18)4-5-13(12)22-16/h4-5,7,10H,2-3,6,8-9H2,1H3,(H2,19,20,21,22);4-5,7,10H,2-3,6,8-9H2,1H3,(H2,19,20,21,23). The number of carbonyl (C=O) groups is 3. The monoisotopic (exact) mass is 772 g/mol. The van der Waals surface area contributed by atoms with Crippen molar-refractivity contribution in [3.8, 4) is 11.5 Å². The number of benzene rings is 2. The van der Waals surface area contributed by atoms with E-state index in [0.717, 1.165) is 64.3 Å². The molecule has 2 aromatic rings. The molecule has 4 spiro atoms. The van der Waals surface area contributed by atoms with Gasteiger partial charge in [0, 0.05) is 32.9 Å². The minimum atomic E-state index is -1.02. The number of fused-ring (bicyclic) bond motifs is 4. The summed E-state index contributed by atoms with van der Waals surface area (Å²) in [5, 5.41) is 11.7. The van der Waals surface area contributed by atoms with Crippen LogP contribution in [0.15, 0.2) is 45.3 Å². The summed E-state index contributed by atoms with van der Waals surface area (Å²) < 4.78 is 14.7. The Balaban J connectivity index is 0.000000147. The third-order valence-electron chi connectivity index (χ3n) is 10.6. The molecule has 12 heteroatoms. The van der Waals surface area contributed by atoms with Crippen LogP contribution in [-0.4, -0.2) is 34.2 Å². The first-order valence-electron chi connectivity index (χ1n) is 16.1. The molecule has 0 radical (unpaired) electrons. The van der Waals surface area contributed by atoms with Crippen LogP contribution in [0, 0.1) is 11.8 Å². The normalized spacial score (nSPS) is 35.7. The molecule has 6 atom stereocenters. The highest BCUT2D eigenvalue weighted by Gasteiger charge is 2.59. The van der Waals surface area contributed by atoms with E-state index in [9.17, 15) is 14.4 Å². The van der Waals surface area contributed by atoms with Gasteiger partial charge in [-0.05, 0) is 99.0 Å². The van der Waals surface area contributed by atoms with Gasteiger partial charge < -0.3 is 25.4 Å². The van der Waals surface area contributed by atoms with Crippen molar-refractivity contribution in [1.29, 1.82) is 0 Å². The average molecular weight is 775 g/mol. The number of thiocarbonyl (C=S) groups is 1. The molecule has 9 nitrogen and oxygen atoms in total. The molecule has 2 saturated heterocycles. The van der Waals surface area contributed by atoms with Crippen LogP contribution < -0.4 is 30.7 Å². The lowest BCUT2D eigenvalue weighted by Crippen LogP contribution is -2.57. The van der Waals surface area contributed by atoms with Crippen LogP contribution in [0.4, 0.5) is 4.79 Å². The van der Waals surface area contributed by atoms with Gasteiger partial charge in [-0.1, -0.05) is 58.5 Å². The van der Waals surface area contributed by atoms with Gasteiger partial charge in [0.05, 0.1) is 0 Å². The second-order valence-corrected chi connectivity index (χ2v) is 16.5. The third kappa shape index (κ3) is 5.41. The topological polar surface area (TPSA) is 118 Å². The predicted molar refractivity (Wildman–Crippen MR) is 183 cm³/mol. The Labute approximate surface area is 290 Å². The van der Waals surface area contributed by atoms with Gasteiger partial charge in [-0.15, -0.1) is 0 Å². The van der Waals surface area contributed by atoms with Gasteiger partial charge in [0.15, 0.2) is 16.2 Å². The largest absolute Gasteiger partial charge is 0.487 e. The summed E-state index contributed by atoms with van der Waals surface area (Å²) in [4.78, 5) is 37.4. The number of carbonyl (C=O) groups excluding carboxylic acids is 3. The van der Waals surface area contributed by atoms with E-state index in [2.05, 4.69) is 67.0 Å². The molecule has 4 aliphatic heterocycles. The summed E-state index contributed by atoms with van der Waals surface area (Å²) in [7, 11) is 0. The van der Waals surface area contributed by atoms with Crippen molar-refractivity contribution in [2.75, 3.05) is 0 Å². The van der Waals surface area contributed by atoms with Crippen molar-refractivity contribution in [2.45, 2.75) is 100 Å². The van der Waals surface area contributed by atoms with E-state index in [0.29, 0.717) is 35.5 Å². The van der Waals surface area contributed by atoms with E-state index in [1.54, 1.807) is 0 Å². The van der Waals surface area contributed by atoms with Crippen LogP contribution in [0.1, 0.15) is 89.2 Å². The number of amides is 4. The number of urea groups is 1. The molecule has 6 aliphatic rings. The van der Waals surface area contributed by atoms with E-state index in [1.807, 2.05) is 36.4 Å². The molecule has 8 rings (SSSR count). The number of rotatable bonds is 0. The summed E-state index contributed by atoms with van der Waals surface area (Å²) in [6, 6.07) is 11.1. The van der Waals surface area contributed by atoms with Crippen molar-refractivity contribution in [3.05, 3.63) is 56.5 Å². The third-order valence-corrected chi connectivity index (χ3v) is 11.8. The highest BCUT2D eigenvalue weighted by atomic mass is 79.9. The number of hydrogen-bond donors (Lipinski definition) is 4. The maximum atomic E-state index is 12.8. The van der Waals surface area contributed by atoms with E-state index in [1.165, 1.54) is 12.8 Å². The predicted octanol–water partition coefficient (Wildman–Crippen LogP) is 6.60. The second-order valence-electron chi connectivity index (χ2n) is 14.2. The molecule has 46 heavy (non-hydrogen) atoms. The first-order valence-corrected chi connectivity index (χ1v) is 18.1. The Morgan fingerprint density at radius 1 is 0.739 bits per heavy atom. The van der Waals surface area contributed by atoms with E-state index in [-0.39, 0.29) is 23.0 Å². The van der Waals surface area contributed by atoms with Gasteiger partial charge >= 0.3 is 6.03 Å². The Kier molecular flexibility index (Phi) is 7.95. The summed E-state index contributed by atoms with van der Waals surface area (Å²) in [6.45, 7) is 4.49. The Morgan fingerprint density at radius 2 is 1.22 bits per heavy atom. The molecule has 4 fully saturated rings. The zero-order valence-electron chi connectivity index (χ0n) is 25.9. The van der Waals surface area contributed by atoms with Gasteiger partial charge in [-0.25, -0.2) is 4.79 Å². The SMILES string of the molecule is CC1CCCC2(C1)CC1(NC(=O)NC1=O)c1cc(Br)ccc1O2.CC1CCCC2(C1)CC1(NC(=S)NC1=O)c1cc(Br)ccc1O2. The summed E-state index contributed by atoms with van der Waals surface area (Å²) >= 11 is 12.2. The summed E-state index contributed by atoms with van der Waals surface area (Å²) in [5.74, 6) is 2.31. The highest BCUT2D eigenvalue weighted by Crippen LogP contribution is 2.53. The van der Waals surface area contributed by atoms with Gasteiger partial charge in [0.25, 0.3) is 11.8 Å². The molecule has 2 aliphatic carbocycles. The molecule has 4 N–H and O–H groups in total. The van der Waals surface area contributed by atoms with Crippen LogP contribution in [0.3, 0.4) is 0 Å². The molecule has 244 valence electrons. The lowest BCUT2D eigenvalue weighted by Gasteiger charge is -2.49. The number of nitrogens with one attached hydrogen (secondary N) is 4. The molecule has 2 saturated carbocycles. The van der Waals surface area contributed by atoms with Crippen molar-refractivity contribution in [3.63, 3.8) is 0 Å². The summed E-state index contributed by atoms with van der Waals surface area (Å²) in [5.41, 5.74) is -0.903. The quantitative estimate of drug-likeness (QED) is 0.176. The van der Waals surface area contributed by atoms with E-state index >= 15 is 0 Å². The molecule has 6 unspecified atom stereocenters. The minimum Gasteiger partial charge on any atom is -0.487 e. The molecular weight excluding hydrogens is 736 g/mol. The van der Waals surface area contributed by atoms with Crippen LogP contribution in [0.5, 0.6) is 11.5 Å². The minimum absolute atomic E-state index is 0.0669. The maximum absolute atomic E-state index is 12.8. The van der Waals surface area contributed by atoms with Gasteiger partial charge in [-0.2, -0.15) is 0 Å². The van der Waals surface area contributed by atoms with Crippen LogP contribution >= 0.6 is 44.1 Å². The smallest absolute Gasteiger partial charge is 0.322 e. The maximum Gasteiger partial charge on any atom is 0.322 e. The van der Waals surface area contributed by atoms with Crippen molar-refractivity contribution in [2.24, 2.45) is 11.8 Å². The van der Waals surface area contributed by atoms with Crippen molar-refractivity contribution < 1.29 is 23.9 Å². The average Bonchev–Trinajstić information content (AvgIpc) is 3.42. The zero-order valence-corrected chi connectivity index (χ0v) is 29.9. The molecular formula is C34H38Br2N4O5S. The fraction of sp³-hybridized carbons (Fsp3) is 0.529. The van der Waals surface area contributed by atoms with Crippen LogP contribution in [0.25, 0.3) is 0 Å². The Morgan fingerprint density at radius 3 is 1.63 bits per heavy atom. The summed E-state index contributed by atoms with van der Waals surface area (Å²) in [6.07, 6.45) is 9.53. The number of hydrogen-bond acceptors (Lipinski definition) is 6. The lowest BCUT2D eigenvalue weighted by molar-refractivity contribution is -0.130. The zero-order chi connectivity index (χ0) is 32.5. The molecule has 4 amide bonds. The van der Waals surface area contributed by atoms with Gasteiger partial charge in [0.1, 0.15) is 22.7 Å². The second kappa shape index (κ2) is 11.5. The first-order chi connectivity index (χ1) is 21.8. The first kappa shape index (κ1) is 31.9. The van der Waals surface area contributed by atoms with Crippen molar-refractivity contribution in [1.82, 2.24) is 21.3 Å². The van der Waals surface area contributed by atoms with Gasteiger partial charge in [0.2, 0.25) is 0 Å². The Bertz CT molecular complexity index is 1540. The number of ether oxygens (including phenoxy) is 2. The van der Waals surface area contributed by atoms with E-state index in [4.69, 9.17) is 21.7 Å². The fourth-order valence-corrected chi connectivity index (χ4v) is 9.88. The lowest BCUT2D eigenvalue weighted by atomic mass is 9.68. The number of halogens is 2. The molecule has 2 aromatic carbocycles. The molecule has 4 heterocycles. The number of imide groups is 1. The van der Waals surface area contributed by atoms with Crippen LogP contribution in [-0.2, 0) is 20.7 Å². The fourth-order valence-electron chi connectivity index (χ4n) is 8.89. The molecule has 0 aromatic heterocycles. The van der Waals surface area contributed by atoms with E-state index < -0.39 is 17.1 Å². The van der Waals surface area contributed by atoms with Crippen molar-refractivity contribution >= 4 is 67.0 Å². The van der Waals surface area contributed by atoms with Gasteiger partial charge in [-0.3, -0.25) is 14.9 Å². The van der Waals surface area contributed by atoms with Crippen LogP contribution in [0.2, 0.25) is 0 Å².